The predicted molar refractivity (Wildman–Crippen MR) is 114 cm³/mol. The van der Waals surface area contributed by atoms with Gasteiger partial charge in [0.1, 0.15) is 5.75 Å². The highest BCUT2D eigenvalue weighted by Crippen LogP contribution is 2.27. The fraction of sp³-hybridized carbons (Fsp3) is 0.0400. The maximum atomic E-state index is 12.6. The van der Waals surface area contributed by atoms with Crippen LogP contribution in [0.15, 0.2) is 72.8 Å². The lowest BCUT2D eigenvalue weighted by atomic mass is 9.96. The Hall–Kier alpha value is -3.92. The van der Waals surface area contributed by atoms with E-state index in [4.69, 9.17) is 0 Å². The number of fused-ring (bicyclic) bond motifs is 4. The Kier molecular flexibility index (Phi) is 3.91. The summed E-state index contributed by atoms with van der Waals surface area (Å²) < 4.78 is 0. The molecule has 0 bridgehead atoms. The molecule has 0 spiro atoms. The molecule has 4 nitrogen and oxygen atoms in total. The summed E-state index contributed by atoms with van der Waals surface area (Å²) in [5.41, 5.74) is 0.834. The highest BCUT2D eigenvalue weighted by molar-refractivity contribution is 6.21. The maximum absolute atomic E-state index is 12.6. The van der Waals surface area contributed by atoms with E-state index in [0.29, 0.717) is 11.3 Å². The van der Waals surface area contributed by atoms with Gasteiger partial charge in [0, 0.05) is 17.2 Å². The Morgan fingerprint density at radius 3 is 2.41 bits per heavy atom. The molecule has 5 rings (SSSR count). The highest BCUT2D eigenvalue weighted by atomic mass is 16.3. The second-order valence-electron chi connectivity index (χ2n) is 7.16. The van der Waals surface area contributed by atoms with Crippen LogP contribution in [0.2, 0.25) is 0 Å². The van der Waals surface area contributed by atoms with Crippen LogP contribution in [0.5, 0.6) is 5.75 Å². The molecule has 1 aliphatic carbocycles. The summed E-state index contributed by atoms with van der Waals surface area (Å²) >= 11 is 0. The van der Waals surface area contributed by atoms with Crippen LogP contribution in [0, 0.1) is 0 Å². The third kappa shape index (κ3) is 2.95. The molecule has 0 atom stereocenters. The number of rotatable bonds is 2. The second kappa shape index (κ2) is 6.60. The van der Waals surface area contributed by atoms with Crippen molar-refractivity contribution < 1.29 is 14.7 Å². The Morgan fingerprint density at radius 1 is 0.862 bits per heavy atom. The average molecular weight is 379 g/mol. The van der Waals surface area contributed by atoms with Crippen molar-refractivity contribution in [3.05, 3.63) is 88.8 Å². The SMILES string of the molecule is O=C1CC=c2cc3c(ccc4ccc(O)cc43)cc2=C1NC(=O)c1ccccc1. The van der Waals surface area contributed by atoms with Gasteiger partial charge in [-0.3, -0.25) is 9.59 Å². The summed E-state index contributed by atoms with van der Waals surface area (Å²) in [7, 11) is 0. The van der Waals surface area contributed by atoms with Gasteiger partial charge in [-0.2, -0.15) is 0 Å². The van der Waals surface area contributed by atoms with Gasteiger partial charge in [-0.25, -0.2) is 0 Å². The predicted octanol–water partition coefficient (Wildman–Crippen LogP) is 2.99. The summed E-state index contributed by atoms with van der Waals surface area (Å²) in [5, 5.41) is 18.3. The first-order chi connectivity index (χ1) is 14.1. The molecular formula is C25H17NO3. The van der Waals surface area contributed by atoms with Gasteiger partial charge in [0.25, 0.3) is 5.91 Å². The minimum absolute atomic E-state index is 0.112. The normalized spacial score (nSPS) is 13.2. The monoisotopic (exact) mass is 379 g/mol. The third-order valence-electron chi connectivity index (χ3n) is 5.32. The number of carbonyl (C=O) groups is 2. The Morgan fingerprint density at radius 2 is 1.59 bits per heavy atom. The van der Waals surface area contributed by atoms with Crippen LogP contribution in [-0.2, 0) is 4.79 Å². The van der Waals surface area contributed by atoms with Gasteiger partial charge in [0.15, 0.2) is 5.78 Å². The molecule has 0 aromatic heterocycles. The molecule has 0 heterocycles. The third-order valence-corrected chi connectivity index (χ3v) is 5.32. The minimum atomic E-state index is -0.301. The van der Waals surface area contributed by atoms with Crippen LogP contribution < -0.4 is 15.8 Å². The zero-order valence-electron chi connectivity index (χ0n) is 15.5. The fourth-order valence-electron chi connectivity index (χ4n) is 3.86. The van der Waals surface area contributed by atoms with Crippen molar-refractivity contribution in [2.45, 2.75) is 6.42 Å². The van der Waals surface area contributed by atoms with Crippen molar-refractivity contribution in [2.24, 2.45) is 0 Å². The van der Waals surface area contributed by atoms with Gasteiger partial charge in [-0.15, -0.1) is 0 Å². The van der Waals surface area contributed by atoms with Crippen LogP contribution in [0.4, 0.5) is 0 Å². The maximum Gasteiger partial charge on any atom is 0.255 e. The van der Waals surface area contributed by atoms with Crippen LogP contribution in [0.1, 0.15) is 16.8 Å². The Bertz CT molecular complexity index is 1440. The number of aromatic hydroxyl groups is 1. The first-order valence-corrected chi connectivity index (χ1v) is 9.40. The smallest absolute Gasteiger partial charge is 0.255 e. The number of hydrogen-bond acceptors (Lipinski definition) is 3. The van der Waals surface area contributed by atoms with Crippen LogP contribution in [-0.4, -0.2) is 16.8 Å². The van der Waals surface area contributed by atoms with E-state index in [1.807, 2.05) is 42.5 Å². The number of phenols is 1. The van der Waals surface area contributed by atoms with Crippen molar-refractivity contribution in [2.75, 3.05) is 0 Å². The van der Waals surface area contributed by atoms with E-state index in [2.05, 4.69) is 5.32 Å². The molecule has 4 aromatic rings. The Balaban J connectivity index is 1.73. The first-order valence-electron chi connectivity index (χ1n) is 9.40. The molecule has 4 heteroatoms. The number of Topliss-reactive ketones (excluding diaryl/α,β-unsaturated/α-hetero) is 1. The van der Waals surface area contributed by atoms with E-state index in [1.54, 1.807) is 36.4 Å². The van der Waals surface area contributed by atoms with E-state index in [1.165, 1.54) is 0 Å². The quantitative estimate of drug-likeness (QED) is 0.526. The average Bonchev–Trinajstić information content (AvgIpc) is 2.75. The lowest BCUT2D eigenvalue weighted by Gasteiger charge is -2.13. The van der Waals surface area contributed by atoms with E-state index < -0.39 is 0 Å². The van der Waals surface area contributed by atoms with Gasteiger partial charge in [0.05, 0.1) is 5.70 Å². The number of benzene rings is 4. The van der Waals surface area contributed by atoms with Gasteiger partial charge in [0.2, 0.25) is 0 Å². The molecule has 140 valence electrons. The lowest BCUT2D eigenvalue weighted by molar-refractivity contribution is -0.113. The molecular weight excluding hydrogens is 362 g/mol. The number of nitrogens with one attached hydrogen (secondary N) is 1. The van der Waals surface area contributed by atoms with E-state index in [0.717, 1.165) is 32.0 Å². The van der Waals surface area contributed by atoms with Crippen molar-refractivity contribution in [3.8, 4) is 5.75 Å². The van der Waals surface area contributed by atoms with E-state index >= 15 is 0 Å². The molecule has 0 saturated heterocycles. The largest absolute Gasteiger partial charge is 0.508 e. The molecule has 0 radical (unpaired) electrons. The summed E-state index contributed by atoms with van der Waals surface area (Å²) in [4.78, 5) is 25.2. The number of phenolic OH excluding ortho intramolecular Hbond substituents is 1. The molecule has 2 N–H and O–H groups in total. The highest BCUT2D eigenvalue weighted by Gasteiger charge is 2.18. The van der Waals surface area contributed by atoms with Gasteiger partial charge in [-0.05, 0) is 63.2 Å². The second-order valence-corrected chi connectivity index (χ2v) is 7.16. The number of hydrogen-bond donors (Lipinski definition) is 2. The first kappa shape index (κ1) is 17.2. The number of ketones is 1. The van der Waals surface area contributed by atoms with E-state index in [9.17, 15) is 14.7 Å². The van der Waals surface area contributed by atoms with Gasteiger partial charge in [-0.1, -0.05) is 42.5 Å². The Labute approximate surface area is 166 Å². The van der Waals surface area contributed by atoms with Crippen molar-refractivity contribution in [3.63, 3.8) is 0 Å². The topological polar surface area (TPSA) is 66.4 Å². The lowest BCUT2D eigenvalue weighted by Crippen LogP contribution is -2.40. The van der Waals surface area contributed by atoms with Crippen LogP contribution >= 0.6 is 0 Å². The van der Waals surface area contributed by atoms with Crippen molar-refractivity contribution in [1.82, 2.24) is 5.32 Å². The van der Waals surface area contributed by atoms with Gasteiger partial charge < -0.3 is 10.4 Å². The molecule has 29 heavy (non-hydrogen) atoms. The number of amides is 1. The summed E-state index contributed by atoms with van der Waals surface area (Å²) in [6.45, 7) is 0. The van der Waals surface area contributed by atoms with Crippen molar-refractivity contribution >= 4 is 45.0 Å². The zero-order valence-corrected chi connectivity index (χ0v) is 15.5. The molecule has 1 aliphatic rings. The standard InChI is InChI=1S/C25H17NO3/c27-19-10-8-15-6-7-17-13-22-18(12-20(17)21(15)14-19)9-11-23(28)24(22)26-25(29)16-4-2-1-3-5-16/h1-10,12-14,27H,11H2,(H,26,29). The van der Waals surface area contributed by atoms with Gasteiger partial charge >= 0.3 is 0 Å². The molecule has 0 fully saturated rings. The van der Waals surface area contributed by atoms with Crippen LogP contribution in [0.25, 0.3) is 33.3 Å². The molecule has 0 aliphatic heterocycles. The molecule has 4 aromatic carbocycles. The van der Waals surface area contributed by atoms with Crippen molar-refractivity contribution in [1.29, 1.82) is 0 Å². The zero-order chi connectivity index (χ0) is 20.0. The molecule has 0 unspecified atom stereocenters. The molecule has 0 saturated carbocycles. The van der Waals surface area contributed by atoms with E-state index in [-0.39, 0.29) is 23.9 Å². The number of carbonyl (C=O) groups excluding carboxylic acids is 2. The summed E-state index contributed by atoms with van der Waals surface area (Å²) in [6, 6.07) is 22.1. The summed E-state index contributed by atoms with van der Waals surface area (Å²) in [5.74, 6) is -0.200. The molecule has 1 amide bonds. The minimum Gasteiger partial charge on any atom is -0.508 e. The van der Waals surface area contributed by atoms with Crippen LogP contribution in [0.3, 0.4) is 0 Å². The summed E-state index contributed by atoms with van der Waals surface area (Å²) in [6.07, 6.45) is 2.12. The fourth-order valence-corrected chi connectivity index (χ4v) is 3.86.